The number of amides is 2. The Morgan fingerprint density at radius 1 is 1.07 bits per heavy atom. The number of carbonyl (C=O) groups is 1. The lowest BCUT2D eigenvalue weighted by molar-refractivity contribution is 0.123. The maximum Gasteiger partial charge on any atom is 0.315 e. The molecule has 1 aromatic rings. The van der Waals surface area contributed by atoms with E-state index in [0.717, 1.165) is 44.0 Å². The second kappa shape index (κ2) is 7.16. The molecule has 28 heavy (non-hydrogen) atoms. The highest BCUT2D eigenvalue weighted by Gasteiger charge is 2.61. The fourth-order valence-electron chi connectivity index (χ4n) is 5.88. The summed E-state index contributed by atoms with van der Waals surface area (Å²) in [6.07, 6.45) is 5.64. The van der Waals surface area contributed by atoms with Gasteiger partial charge in [-0.15, -0.1) is 0 Å². The Labute approximate surface area is 169 Å². The van der Waals surface area contributed by atoms with Crippen LogP contribution in [0.15, 0.2) is 24.3 Å². The largest absolute Gasteiger partial charge is 0.497 e. The van der Waals surface area contributed by atoms with Gasteiger partial charge in [-0.25, -0.2) is 4.79 Å². The maximum absolute atomic E-state index is 12.7. The highest BCUT2D eigenvalue weighted by atomic mass is 16.5. The summed E-state index contributed by atoms with van der Waals surface area (Å²) < 4.78 is 5.24. The van der Waals surface area contributed by atoms with Gasteiger partial charge < -0.3 is 20.3 Å². The van der Waals surface area contributed by atoms with Crippen molar-refractivity contribution in [3.8, 4) is 5.75 Å². The maximum atomic E-state index is 12.7. The average Bonchev–Trinajstić information content (AvgIpc) is 3.02. The van der Waals surface area contributed by atoms with E-state index in [1.165, 1.54) is 18.5 Å². The summed E-state index contributed by atoms with van der Waals surface area (Å²) in [5.74, 6) is 1.63. The molecule has 3 unspecified atom stereocenters. The van der Waals surface area contributed by atoms with Crippen molar-refractivity contribution in [2.24, 2.45) is 16.7 Å². The molecule has 0 radical (unpaired) electrons. The van der Waals surface area contributed by atoms with Gasteiger partial charge in [0.25, 0.3) is 0 Å². The van der Waals surface area contributed by atoms with Gasteiger partial charge in [0.1, 0.15) is 5.75 Å². The quantitative estimate of drug-likeness (QED) is 0.818. The molecule has 3 atom stereocenters. The topological polar surface area (TPSA) is 53.6 Å². The Bertz CT molecular complexity index is 709. The first-order valence-electron chi connectivity index (χ1n) is 10.8. The van der Waals surface area contributed by atoms with E-state index >= 15 is 0 Å². The summed E-state index contributed by atoms with van der Waals surface area (Å²) in [5.41, 5.74) is 1.78. The Kier molecular flexibility index (Phi) is 4.96. The van der Waals surface area contributed by atoms with Crippen LogP contribution in [-0.4, -0.2) is 38.3 Å². The van der Waals surface area contributed by atoms with Gasteiger partial charge in [-0.1, -0.05) is 20.8 Å². The zero-order chi connectivity index (χ0) is 19.9. The third kappa shape index (κ3) is 3.23. The summed E-state index contributed by atoms with van der Waals surface area (Å²) in [4.78, 5) is 15.1. The number of carbonyl (C=O) groups excluding carboxylic acids is 1. The van der Waals surface area contributed by atoms with E-state index in [-0.39, 0.29) is 17.5 Å². The normalized spacial score (nSPS) is 31.6. The molecule has 5 heteroatoms. The number of anilines is 1. The van der Waals surface area contributed by atoms with Crippen molar-refractivity contribution in [2.75, 3.05) is 25.1 Å². The van der Waals surface area contributed by atoms with Crippen LogP contribution in [0, 0.1) is 16.7 Å². The van der Waals surface area contributed by atoms with Gasteiger partial charge in [-0.05, 0) is 73.1 Å². The number of hydrogen-bond acceptors (Lipinski definition) is 3. The fraction of sp³-hybridized carbons (Fsp3) is 0.696. The van der Waals surface area contributed by atoms with E-state index in [1.807, 2.05) is 12.1 Å². The van der Waals surface area contributed by atoms with Crippen molar-refractivity contribution in [1.29, 1.82) is 0 Å². The number of fused-ring (bicyclic) bond motifs is 2. The Morgan fingerprint density at radius 2 is 1.75 bits per heavy atom. The molecule has 3 fully saturated rings. The summed E-state index contributed by atoms with van der Waals surface area (Å²) in [6.45, 7) is 9.08. The number of hydrogen-bond donors (Lipinski definition) is 2. The molecule has 3 aliphatic rings. The molecule has 154 valence electrons. The molecule has 2 aliphatic carbocycles. The summed E-state index contributed by atoms with van der Waals surface area (Å²) in [6, 6.07) is 8.81. The number of benzene rings is 1. The molecule has 1 saturated heterocycles. The van der Waals surface area contributed by atoms with Crippen LogP contribution in [0.25, 0.3) is 0 Å². The second-order valence-corrected chi connectivity index (χ2v) is 9.74. The highest BCUT2D eigenvalue weighted by molar-refractivity contribution is 5.75. The van der Waals surface area contributed by atoms with Crippen LogP contribution >= 0.6 is 0 Å². The average molecular weight is 386 g/mol. The molecule has 2 N–H and O–H groups in total. The highest BCUT2D eigenvalue weighted by Crippen LogP contribution is 2.65. The van der Waals surface area contributed by atoms with E-state index < -0.39 is 0 Å². The predicted molar refractivity (Wildman–Crippen MR) is 113 cm³/mol. The molecule has 0 aromatic heterocycles. The molecule has 1 aliphatic heterocycles. The van der Waals surface area contributed by atoms with Crippen molar-refractivity contribution >= 4 is 11.7 Å². The number of methoxy groups -OCH3 is 1. The Balaban J connectivity index is 1.26. The molecular weight excluding hydrogens is 350 g/mol. The van der Waals surface area contributed by atoms with Crippen molar-refractivity contribution in [2.45, 2.75) is 65.0 Å². The minimum Gasteiger partial charge on any atom is -0.497 e. The third-order valence-corrected chi connectivity index (χ3v) is 8.37. The zero-order valence-electron chi connectivity index (χ0n) is 17.8. The van der Waals surface area contributed by atoms with Crippen molar-refractivity contribution in [3.63, 3.8) is 0 Å². The van der Waals surface area contributed by atoms with E-state index in [1.54, 1.807) is 7.11 Å². The van der Waals surface area contributed by atoms with Gasteiger partial charge in [0, 0.05) is 30.9 Å². The Morgan fingerprint density at radius 3 is 2.29 bits per heavy atom. The first kappa shape index (κ1) is 19.4. The van der Waals surface area contributed by atoms with Gasteiger partial charge in [0.15, 0.2) is 0 Å². The molecule has 1 aromatic carbocycles. The second-order valence-electron chi connectivity index (χ2n) is 9.74. The smallest absolute Gasteiger partial charge is 0.315 e. The summed E-state index contributed by atoms with van der Waals surface area (Å²) in [7, 11) is 1.69. The third-order valence-electron chi connectivity index (χ3n) is 8.37. The SMILES string of the molecule is COc1ccc(N2CCC(NC(=O)NC3CC4CCC3(C)C4(C)C)CC2)cc1. The van der Waals surface area contributed by atoms with Crippen LogP contribution in [0.1, 0.15) is 52.9 Å². The first-order chi connectivity index (χ1) is 13.3. The van der Waals surface area contributed by atoms with Crippen LogP contribution in [0.4, 0.5) is 10.5 Å². The first-order valence-corrected chi connectivity index (χ1v) is 10.8. The Hall–Kier alpha value is -1.91. The molecule has 2 bridgehead atoms. The number of nitrogens with one attached hydrogen (secondary N) is 2. The lowest BCUT2D eigenvalue weighted by atomic mass is 9.69. The van der Waals surface area contributed by atoms with E-state index in [4.69, 9.17) is 4.74 Å². The van der Waals surface area contributed by atoms with Gasteiger partial charge in [0.05, 0.1) is 7.11 Å². The summed E-state index contributed by atoms with van der Waals surface area (Å²) >= 11 is 0. The molecule has 2 amide bonds. The lowest BCUT2D eigenvalue weighted by Gasteiger charge is -2.40. The van der Waals surface area contributed by atoms with Crippen molar-refractivity contribution < 1.29 is 9.53 Å². The van der Waals surface area contributed by atoms with Crippen LogP contribution in [0.5, 0.6) is 5.75 Å². The van der Waals surface area contributed by atoms with E-state index in [9.17, 15) is 4.79 Å². The fourth-order valence-corrected chi connectivity index (χ4v) is 5.88. The van der Waals surface area contributed by atoms with Gasteiger partial charge in [0.2, 0.25) is 0 Å². The summed E-state index contributed by atoms with van der Waals surface area (Å²) in [5, 5.41) is 6.58. The monoisotopic (exact) mass is 385 g/mol. The number of piperidine rings is 1. The minimum atomic E-state index is 0.0254. The van der Waals surface area contributed by atoms with Crippen molar-refractivity contribution in [1.82, 2.24) is 10.6 Å². The molecule has 5 nitrogen and oxygen atoms in total. The van der Waals surface area contributed by atoms with Crippen LogP contribution in [-0.2, 0) is 0 Å². The lowest BCUT2D eigenvalue weighted by Crippen LogP contribution is -2.53. The van der Waals surface area contributed by atoms with Crippen LogP contribution < -0.4 is 20.3 Å². The van der Waals surface area contributed by atoms with Gasteiger partial charge >= 0.3 is 6.03 Å². The molecular formula is C23H35N3O2. The predicted octanol–water partition coefficient (Wildman–Crippen LogP) is 4.18. The van der Waals surface area contributed by atoms with E-state index in [2.05, 4.69) is 48.4 Å². The number of nitrogens with zero attached hydrogens (tertiary/aromatic N) is 1. The van der Waals surface area contributed by atoms with Crippen LogP contribution in [0.2, 0.25) is 0 Å². The zero-order valence-corrected chi connectivity index (χ0v) is 17.8. The molecule has 0 spiro atoms. The molecule has 2 saturated carbocycles. The number of ether oxygens (including phenoxy) is 1. The molecule has 4 rings (SSSR count). The van der Waals surface area contributed by atoms with Gasteiger partial charge in [-0.3, -0.25) is 0 Å². The minimum absolute atomic E-state index is 0.0254. The number of rotatable bonds is 4. The van der Waals surface area contributed by atoms with Crippen LogP contribution in [0.3, 0.4) is 0 Å². The van der Waals surface area contributed by atoms with Gasteiger partial charge in [-0.2, -0.15) is 0 Å². The molecule has 1 heterocycles. The number of urea groups is 1. The van der Waals surface area contributed by atoms with E-state index in [0.29, 0.717) is 11.5 Å². The van der Waals surface area contributed by atoms with Crippen molar-refractivity contribution in [3.05, 3.63) is 24.3 Å². The standard InChI is InChI=1S/C23H35N3O2/c1-22(2)16-9-12-23(22,3)20(15-16)25-21(27)24-17-10-13-26(14-11-17)18-5-7-19(28-4)8-6-18/h5-8,16-17,20H,9-15H2,1-4H3,(H2,24,25,27).